The molecular formula is C11H18FN. The van der Waals surface area contributed by atoms with E-state index < -0.39 is 6.17 Å². The van der Waals surface area contributed by atoms with E-state index in [1.807, 2.05) is 24.7 Å². The molecule has 0 aliphatic heterocycles. The molecule has 1 aromatic rings. The summed E-state index contributed by atoms with van der Waals surface area (Å²) in [6, 6.07) is 0. The number of nitrogens with zero attached hydrogens (tertiary/aromatic N) is 1. The van der Waals surface area contributed by atoms with Crippen molar-refractivity contribution in [2.24, 2.45) is 7.05 Å². The van der Waals surface area contributed by atoms with Crippen molar-refractivity contribution in [2.75, 3.05) is 0 Å². The first-order valence-corrected chi connectivity index (χ1v) is 4.75. The Bertz CT molecular complexity index is 297. The Balaban J connectivity index is 3.27. The molecule has 1 aromatic heterocycles. The number of aromatic nitrogens is 1. The van der Waals surface area contributed by atoms with E-state index in [1.165, 1.54) is 0 Å². The lowest BCUT2D eigenvalue weighted by atomic mass is 9.98. The summed E-state index contributed by atoms with van der Waals surface area (Å²) < 4.78 is 15.3. The molecule has 1 heterocycles. The molecule has 0 aliphatic carbocycles. The molecule has 0 aromatic carbocycles. The molecule has 0 saturated carbocycles. The van der Waals surface area contributed by atoms with Crippen molar-refractivity contribution >= 4 is 0 Å². The third kappa shape index (κ3) is 1.77. The molecule has 0 N–H and O–H groups in total. The molecule has 0 aliphatic rings. The quantitative estimate of drug-likeness (QED) is 0.661. The first kappa shape index (κ1) is 10.3. The van der Waals surface area contributed by atoms with E-state index in [1.54, 1.807) is 6.92 Å². The van der Waals surface area contributed by atoms with Gasteiger partial charge in [-0.15, -0.1) is 0 Å². The molecular weight excluding hydrogens is 165 g/mol. The van der Waals surface area contributed by atoms with Gasteiger partial charge >= 0.3 is 0 Å². The van der Waals surface area contributed by atoms with Gasteiger partial charge in [-0.1, -0.05) is 13.8 Å². The maximum atomic E-state index is 13.3. The van der Waals surface area contributed by atoms with Crippen LogP contribution < -0.4 is 0 Å². The maximum absolute atomic E-state index is 13.3. The molecule has 74 valence electrons. The Labute approximate surface area is 79.6 Å². The van der Waals surface area contributed by atoms with Gasteiger partial charge in [-0.05, 0) is 25.3 Å². The fourth-order valence-corrected chi connectivity index (χ4v) is 1.75. The highest BCUT2D eigenvalue weighted by molar-refractivity contribution is 5.35. The van der Waals surface area contributed by atoms with Crippen LogP contribution in [0.3, 0.4) is 0 Å². The van der Waals surface area contributed by atoms with Crippen molar-refractivity contribution in [1.29, 1.82) is 0 Å². The monoisotopic (exact) mass is 183 g/mol. The summed E-state index contributed by atoms with van der Waals surface area (Å²) in [5, 5.41) is 0. The number of hydrogen-bond acceptors (Lipinski definition) is 0. The van der Waals surface area contributed by atoms with Crippen molar-refractivity contribution in [1.82, 2.24) is 4.57 Å². The van der Waals surface area contributed by atoms with Crippen molar-refractivity contribution in [3.05, 3.63) is 23.0 Å². The minimum atomic E-state index is -0.862. The molecule has 0 radical (unpaired) electrons. The van der Waals surface area contributed by atoms with Gasteiger partial charge in [0.15, 0.2) is 0 Å². The van der Waals surface area contributed by atoms with Crippen LogP contribution in [0, 0.1) is 6.92 Å². The van der Waals surface area contributed by atoms with E-state index in [9.17, 15) is 4.39 Å². The normalized spacial score (nSPS) is 13.8. The summed E-state index contributed by atoms with van der Waals surface area (Å²) in [5.41, 5.74) is 3.05. The fourth-order valence-electron chi connectivity index (χ4n) is 1.75. The Morgan fingerprint density at radius 2 is 1.85 bits per heavy atom. The van der Waals surface area contributed by atoms with E-state index in [2.05, 4.69) is 13.8 Å². The zero-order chi connectivity index (χ0) is 10.2. The smallest absolute Gasteiger partial charge is 0.124 e. The predicted octanol–water partition coefficient (Wildman–Crippen LogP) is 3.49. The number of hydrogen-bond donors (Lipinski definition) is 0. The second-order valence-corrected chi connectivity index (χ2v) is 3.97. The van der Waals surface area contributed by atoms with Gasteiger partial charge in [0.25, 0.3) is 0 Å². The molecule has 0 amide bonds. The lowest BCUT2D eigenvalue weighted by Gasteiger charge is -2.08. The molecule has 1 rings (SSSR count). The van der Waals surface area contributed by atoms with Gasteiger partial charge in [0, 0.05) is 24.5 Å². The lowest BCUT2D eigenvalue weighted by Crippen LogP contribution is -1.95. The third-order valence-electron chi connectivity index (χ3n) is 2.58. The predicted molar refractivity (Wildman–Crippen MR) is 53.8 cm³/mol. The van der Waals surface area contributed by atoms with E-state index in [0.717, 1.165) is 16.8 Å². The fraction of sp³-hybridized carbons (Fsp3) is 0.636. The minimum absolute atomic E-state index is 0.396. The zero-order valence-corrected chi connectivity index (χ0v) is 9.06. The maximum Gasteiger partial charge on any atom is 0.124 e. The van der Waals surface area contributed by atoms with Crippen molar-refractivity contribution in [2.45, 2.75) is 39.8 Å². The van der Waals surface area contributed by atoms with Crippen LogP contribution in [0.2, 0.25) is 0 Å². The summed E-state index contributed by atoms with van der Waals surface area (Å²) in [4.78, 5) is 0. The number of alkyl halides is 1. The second-order valence-electron chi connectivity index (χ2n) is 3.97. The van der Waals surface area contributed by atoms with Crippen LogP contribution in [0.15, 0.2) is 6.20 Å². The van der Waals surface area contributed by atoms with Gasteiger partial charge < -0.3 is 4.57 Å². The van der Waals surface area contributed by atoms with Crippen molar-refractivity contribution < 1.29 is 4.39 Å². The van der Waals surface area contributed by atoms with Crippen LogP contribution >= 0.6 is 0 Å². The Morgan fingerprint density at radius 3 is 2.15 bits per heavy atom. The number of aryl methyl sites for hydroxylation is 1. The molecule has 1 unspecified atom stereocenters. The first-order chi connectivity index (χ1) is 5.95. The van der Waals surface area contributed by atoms with Crippen LogP contribution in [-0.2, 0) is 7.05 Å². The Morgan fingerprint density at radius 1 is 1.31 bits per heavy atom. The van der Waals surface area contributed by atoms with Gasteiger partial charge in [-0.25, -0.2) is 4.39 Å². The van der Waals surface area contributed by atoms with Gasteiger partial charge in [0.1, 0.15) is 6.17 Å². The zero-order valence-electron chi connectivity index (χ0n) is 9.06. The highest BCUT2D eigenvalue weighted by Gasteiger charge is 2.17. The Kier molecular flexibility index (Phi) is 2.79. The SMILES string of the molecule is Cc1c(C(C)F)c(C(C)C)cn1C. The second kappa shape index (κ2) is 3.52. The minimum Gasteiger partial charge on any atom is -0.354 e. The van der Waals surface area contributed by atoms with Crippen molar-refractivity contribution in [3.63, 3.8) is 0 Å². The van der Waals surface area contributed by atoms with Gasteiger partial charge in [0.2, 0.25) is 0 Å². The summed E-state index contributed by atoms with van der Waals surface area (Å²) in [6.07, 6.45) is 1.17. The van der Waals surface area contributed by atoms with Gasteiger partial charge in [-0.2, -0.15) is 0 Å². The topological polar surface area (TPSA) is 4.93 Å². The summed E-state index contributed by atoms with van der Waals surface area (Å²) in [5.74, 6) is 0.396. The number of halogens is 1. The molecule has 2 heteroatoms. The molecule has 1 atom stereocenters. The van der Waals surface area contributed by atoms with Crippen molar-refractivity contribution in [3.8, 4) is 0 Å². The molecule has 0 fully saturated rings. The summed E-state index contributed by atoms with van der Waals surface area (Å²) >= 11 is 0. The molecule has 13 heavy (non-hydrogen) atoms. The van der Waals surface area contributed by atoms with Crippen LogP contribution in [0.4, 0.5) is 4.39 Å². The van der Waals surface area contributed by atoms with Crippen LogP contribution in [-0.4, -0.2) is 4.57 Å². The number of rotatable bonds is 2. The van der Waals surface area contributed by atoms with Crippen LogP contribution in [0.1, 0.15) is 49.7 Å². The van der Waals surface area contributed by atoms with Crippen LogP contribution in [0.25, 0.3) is 0 Å². The first-order valence-electron chi connectivity index (χ1n) is 4.75. The van der Waals surface area contributed by atoms with E-state index >= 15 is 0 Å². The van der Waals surface area contributed by atoms with Gasteiger partial charge in [0.05, 0.1) is 0 Å². The highest BCUT2D eigenvalue weighted by Crippen LogP contribution is 2.30. The summed E-state index contributed by atoms with van der Waals surface area (Å²) in [7, 11) is 1.97. The van der Waals surface area contributed by atoms with Gasteiger partial charge in [-0.3, -0.25) is 0 Å². The average molecular weight is 183 g/mol. The third-order valence-corrected chi connectivity index (χ3v) is 2.58. The van der Waals surface area contributed by atoms with E-state index in [-0.39, 0.29) is 0 Å². The van der Waals surface area contributed by atoms with E-state index in [0.29, 0.717) is 5.92 Å². The molecule has 0 spiro atoms. The summed E-state index contributed by atoms with van der Waals surface area (Å²) in [6.45, 7) is 7.77. The highest BCUT2D eigenvalue weighted by atomic mass is 19.1. The molecule has 1 nitrogen and oxygen atoms in total. The largest absolute Gasteiger partial charge is 0.354 e. The molecule has 0 bridgehead atoms. The van der Waals surface area contributed by atoms with E-state index in [4.69, 9.17) is 0 Å². The van der Waals surface area contributed by atoms with Crippen LogP contribution in [0.5, 0.6) is 0 Å². The standard InChI is InChI=1S/C11H18FN/c1-7(2)10-6-13(5)9(4)11(10)8(3)12/h6-8H,1-5H3. The average Bonchev–Trinajstić information content (AvgIpc) is 2.28. The molecule has 0 saturated heterocycles. The lowest BCUT2D eigenvalue weighted by molar-refractivity contribution is 0.369. The Hall–Kier alpha value is -0.790.